The number of piperidine rings is 1. The Morgan fingerprint density at radius 3 is 2.75 bits per heavy atom. The molecule has 0 saturated carbocycles. The molecule has 2 aromatic rings. The fraction of sp³-hybridized carbons (Fsp3) is 0.476. The molecule has 1 aliphatic rings. The molecule has 28 heavy (non-hydrogen) atoms. The van der Waals surface area contributed by atoms with E-state index in [4.69, 9.17) is 21.3 Å². The van der Waals surface area contributed by atoms with Crippen LogP contribution in [0.5, 0.6) is 0 Å². The summed E-state index contributed by atoms with van der Waals surface area (Å²) in [5.41, 5.74) is 3.00. The highest BCUT2D eigenvalue weighted by Gasteiger charge is 2.28. The number of likely N-dealkylation sites (tertiary alicyclic amines) is 1. The first kappa shape index (κ1) is 20.6. The summed E-state index contributed by atoms with van der Waals surface area (Å²) in [6, 6.07) is 7.72. The van der Waals surface area contributed by atoms with Crippen LogP contribution in [0.3, 0.4) is 0 Å². The predicted octanol–water partition coefficient (Wildman–Crippen LogP) is 3.61. The molecule has 1 aromatic carbocycles. The maximum Gasteiger partial charge on any atom is 0.248 e. The molecule has 1 aromatic heterocycles. The van der Waals surface area contributed by atoms with Crippen molar-refractivity contribution >= 4 is 23.5 Å². The van der Waals surface area contributed by atoms with E-state index in [1.165, 1.54) is 0 Å². The Morgan fingerprint density at radius 2 is 2.07 bits per heavy atom. The second kappa shape index (κ2) is 9.34. The largest absolute Gasteiger partial charge is 0.372 e. The number of anilines is 1. The second-order valence-electron chi connectivity index (χ2n) is 7.19. The summed E-state index contributed by atoms with van der Waals surface area (Å²) in [7, 11) is 3.86. The van der Waals surface area contributed by atoms with Crippen molar-refractivity contribution in [3.63, 3.8) is 0 Å². The van der Waals surface area contributed by atoms with E-state index >= 15 is 0 Å². The number of carbonyl (C=O) groups excluding carboxylic acids is 1. The van der Waals surface area contributed by atoms with Crippen molar-refractivity contribution in [2.45, 2.75) is 25.7 Å². The highest BCUT2D eigenvalue weighted by molar-refractivity contribution is 6.30. The third-order valence-corrected chi connectivity index (χ3v) is 5.20. The van der Waals surface area contributed by atoms with E-state index < -0.39 is 0 Å². The Balaban J connectivity index is 1.92. The van der Waals surface area contributed by atoms with Crippen molar-refractivity contribution in [1.29, 1.82) is 0 Å². The first-order valence-electron chi connectivity index (χ1n) is 9.65. The summed E-state index contributed by atoms with van der Waals surface area (Å²) in [6.45, 7) is 4.00. The van der Waals surface area contributed by atoms with Crippen LogP contribution < -0.4 is 4.90 Å². The minimum Gasteiger partial charge on any atom is -0.372 e. The van der Waals surface area contributed by atoms with Gasteiger partial charge in [-0.3, -0.25) is 4.79 Å². The lowest BCUT2D eigenvalue weighted by Gasteiger charge is -2.33. The Hall–Kier alpha value is -2.18. The van der Waals surface area contributed by atoms with Gasteiger partial charge < -0.3 is 14.5 Å². The molecule has 7 heteroatoms. The highest BCUT2D eigenvalue weighted by Crippen LogP contribution is 2.34. The van der Waals surface area contributed by atoms with E-state index in [1.54, 1.807) is 0 Å². The van der Waals surface area contributed by atoms with Crippen molar-refractivity contribution in [2.75, 3.05) is 45.3 Å². The van der Waals surface area contributed by atoms with Crippen LogP contribution in [0, 0.1) is 0 Å². The molecule has 3 rings (SSSR count). The zero-order valence-electron chi connectivity index (χ0n) is 16.7. The molecule has 0 spiro atoms. The Kier molecular flexibility index (Phi) is 6.86. The molecular formula is C21H27ClN4O2. The number of hydrogen-bond acceptors (Lipinski definition) is 5. The molecule has 150 valence electrons. The number of halogens is 1. The smallest absolute Gasteiger partial charge is 0.248 e. The maximum absolute atomic E-state index is 12.4. The molecule has 1 unspecified atom stereocenters. The second-order valence-corrected chi connectivity index (χ2v) is 7.62. The van der Waals surface area contributed by atoms with E-state index in [0.717, 1.165) is 36.2 Å². The van der Waals surface area contributed by atoms with Crippen LogP contribution in [0.25, 0.3) is 11.1 Å². The minimum absolute atomic E-state index is 0.0430. The zero-order valence-corrected chi connectivity index (χ0v) is 17.4. The van der Waals surface area contributed by atoms with Crippen LogP contribution in [0.1, 0.15) is 31.4 Å². The number of aromatic nitrogens is 2. The van der Waals surface area contributed by atoms with Crippen LogP contribution >= 0.6 is 11.6 Å². The average molecular weight is 403 g/mol. The summed E-state index contributed by atoms with van der Waals surface area (Å²) >= 11 is 6.06. The van der Waals surface area contributed by atoms with Crippen LogP contribution in [-0.2, 0) is 9.53 Å². The van der Waals surface area contributed by atoms with Gasteiger partial charge in [-0.25, -0.2) is 9.97 Å². The van der Waals surface area contributed by atoms with Gasteiger partial charge in [0.1, 0.15) is 6.61 Å². The number of nitrogens with zero attached hydrogens (tertiary/aromatic N) is 4. The maximum atomic E-state index is 12.4. The molecule has 0 bridgehead atoms. The molecular weight excluding hydrogens is 376 g/mol. The lowest BCUT2D eigenvalue weighted by molar-refractivity contribution is -0.137. The van der Waals surface area contributed by atoms with E-state index in [9.17, 15) is 4.79 Å². The van der Waals surface area contributed by atoms with Gasteiger partial charge in [0.15, 0.2) is 0 Å². The Morgan fingerprint density at radius 1 is 1.32 bits per heavy atom. The van der Waals surface area contributed by atoms with Crippen LogP contribution in [-0.4, -0.2) is 61.2 Å². The molecule has 0 N–H and O–H groups in total. The first-order valence-corrected chi connectivity index (χ1v) is 10.0. The van der Waals surface area contributed by atoms with Crippen molar-refractivity contribution in [3.05, 3.63) is 41.2 Å². The lowest BCUT2D eigenvalue weighted by atomic mass is 9.90. The highest BCUT2D eigenvalue weighted by atomic mass is 35.5. The molecule has 1 aliphatic heterocycles. The van der Waals surface area contributed by atoms with Gasteiger partial charge in [0, 0.05) is 56.5 Å². The third-order valence-electron chi connectivity index (χ3n) is 4.95. The number of ether oxygens (including phenoxy) is 1. The summed E-state index contributed by atoms with van der Waals surface area (Å²) in [4.78, 5) is 25.6. The van der Waals surface area contributed by atoms with Gasteiger partial charge in [0.05, 0.1) is 5.69 Å². The predicted molar refractivity (Wildman–Crippen MR) is 112 cm³/mol. The number of rotatable bonds is 6. The van der Waals surface area contributed by atoms with Crippen molar-refractivity contribution in [1.82, 2.24) is 14.9 Å². The third kappa shape index (κ3) is 4.80. The standard InChI is InChI=1S/C21H27ClN4O2/c1-4-28-14-19(27)26-11-5-6-16(13-26)20-18(12-23-21(24-20)25(2)3)15-7-9-17(22)10-8-15/h7-10,12,16H,4-6,11,13-14H2,1-3H3. The van der Waals surface area contributed by atoms with E-state index in [-0.39, 0.29) is 18.4 Å². The summed E-state index contributed by atoms with van der Waals surface area (Å²) in [5, 5.41) is 0.696. The molecule has 1 saturated heterocycles. The molecule has 1 fully saturated rings. The molecule has 2 heterocycles. The normalized spacial score (nSPS) is 16.9. The quantitative estimate of drug-likeness (QED) is 0.738. The van der Waals surface area contributed by atoms with Crippen LogP contribution in [0.2, 0.25) is 5.02 Å². The molecule has 1 atom stereocenters. The summed E-state index contributed by atoms with van der Waals surface area (Å²) < 4.78 is 5.31. The number of hydrogen-bond donors (Lipinski definition) is 0. The molecule has 6 nitrogen and oxygen atoms in total. The minimum atomic E-state index is 0.0430. The SMILES string of the molecule is CCOCC(=O)N1CCCC(c2nc(N(C)C)ncc2-c2ccc(Cl)cc2)C1. The van der Waals surface area contributed by atoms with Gasteiger partial charge in [-0.1, -0.05) is 23.7 Å². The number of amides is 1. The molecule has 0 radical (unpaired) electrons. The fourth-order valence-electron chi connectivity index (χ4n) is 3.47. The lowest BCUT2D eigenvalue weighted by Crippen LogP contribution is -2.41. The zero-order chi connectivity index (χ0) is 20.1. The van der Waals surface area contributed by atoms with E-state index in [1.807, 2.05) is 61.3 Å². The van der Waals surface area contributed by atoms with Crippen molar-refractivity contribution in [3.8, 4) is 11.1 Å². The monoisotopic (exact) mass is 402 g/mol. The molecule has 0 aliphatic carbocycles. The van der Waals surface area contributed by atoms with Gasteiger partial charge >= 0.3 is 0 Å². The average Bonchev–Trinajstić information content (AvgIpc) is 2.72. The van der Waals surface area contributed by atoms with E-state index in [2.05, 4.69) is 4.98 Å². The van der Waals surface area contributed by atoms with Crippen molar-refractivity contribution < 1.29 is 9.53 Å². The topological polar surface area (TPSA) is 58.6 Å². The Bertz CT molecular complexity index is 811. The number of benzene rings is 1. The van der Waals surface area contributed by atoms with Gasteiger partial charge in [-0.05, 0) is 37.5 Å². The fourth-order valence-corrected chi connectivity index (χ4v) is 3.60. The number of carbonyl (C=O) groups is 1. The van der Waals surface area contributed by atoms with Crippen LogP contribution in [0.4, 0.5) is 5.95 Å². The van der Waals surface area contributed by atoms with Gasteiger partial charge in [0.2, 0.25) is 11.9 Å². The van der Waals surface area contributed by atoms with Gasteiger partial charge in [0.25, 0.3) is 0 Å². The van der Waals surface area contributed by atoms with Gasteiger partial charge in [-0.15, -0.1) is 0 Å². The molecule has 1 amide bonds. The van der Waals surface area contributed by atoms with Crippen molar-refractivity contribution in [2.24, 2.45) is 0 Å². The van der Waals surface area contributed by atoms with Gasteiger partial charge in [-0.2, -0.15) is 0 Å². The first-order chi connectivity index (χ1) is 13.5. The Labute approximate surface area is 171 Å². The summed E-state index contributed by atoms with van der Waals surface area (Å²) in [6.07, 6.45) is 3.81. The van der Waals surface area contributed by atoms with Crippen LogP contribution in [0.15, 0.2) is 30.5 Å². The summed E-state index contributed by atoms with van der Waals surface area (Å²) in [5.74, 6) is 0.874. The van der Waals surface area contributed by atoms with E-state index in [0.29, 0.717) is 24.1 Å².